The van der Waals surface area contributed by atoms with Crippen molar-refractivity contribution >= 4 is 0 Å². The predicted molar refractivity (Wildman–Crippen MR) is 254 cm³/mol. The van der Waals surface area contributed by atoms with E-state index in [4.69, 9.17) is 9.47 Å². The average Bonchev–Trinajstić information content (AvgIpc) is 3.55. The van der Waals surface area contributed by atoms with E-state index in [1.165, 1.54) is 161 Å². The van der Waals surface area contributed by atoms with Gasteiger partial charge in [0, 0.05) is 19.8 Å². The van der Waals surface area contributed by atoms with Gasteiger partial charge in [-0.05, 0) is 163 Å². The number of unbranched alkanes of at least 4 members (excludes halogenated alkanes) is 12. The second-order valence-electron chi connectivity index (χ2n) is 21.6. The maximum absolute atomic E-state index is 6.62. The molecule has 336 valence electrons. The van der Waals surface area contributed by atoms with E-state index in [-0.39, 0.29) is 0 Å². The Balaban J connectivity index is 1.04. The first-order valence-corrected chi connectivity index (χ1v) is 26.0. The van der Waals surface area contributed by atoms with E-state index >= 15 is 0 Å². The highest BCUT2D eigenvalue weighted by molar-refractivity contribution is 5.25. The van der Waals surface area contributed by atoms with Crippen molar-refractivity contribution in [3.63, 3.8) is 0 Å². The van der Waals surface area contributed by atoms with Crippen LogP contribution in [-0.2, 0) is 9.47 Å². The van der Waals surface area contributed by atoms with Crippen LogP contribution in [0.25, 0.3) is 0 Å². The average molecular weight is 806 g/mol. The molecule has 58 heavy (non-hydrogen) atoms. The molecule has 0 aromatic rings. The molecule has 4 aliphatic carbocycles. The second-order valence-corrected chi connectivity index (χ2v) is 21.6. The summed E-state index contributed by atoms with van der Waals surface area (Å²) in [5.74, 6) is 5.47. The SMILES string of the molecule is CCCCC/C=C\C/C=C\CCCCCCCCCCC(CN(C)C)OCCCCO[C@H]1CC[C@@]2(C)C(=CCC3C4CCC(C(C)CCCC(C)C)[C@@]4(C)CCC32)C1. The number of hydrogen-bond acceptors (Lipinski definition) is 3. The molecule has 3 fully saturated rings. The van der Waals surface area contributed by atoms with Crippen molar-refractivity contribution in [2.45, 2.75) is 234 Å². The Kier molecular flexibility index (Phi) is 23.4. The van der Waals surface area contributed by atoms with E-state index in [0.717, 1.165) is 74.5 Å². The molecule has 0 saturated heterocycles. The van der Waals surface area contributed by atoms with Gasteiger partial charge in [-0.2, -0.15) is 0 Å². The van der Waals surface area contributed by atoms with Crippen LogP contribution in [0.1, 0.15) is 221 Å². The maximum atomic E-state index is 6.62. The first-order chi connectivity index (χ1) is 28.1. The molecular weight excluding hydrogens is 707 g/mol. The summed E-state index contributed by atoms with van der Waals surface area (Å²) in [6.45, 7) is 17.9. The topological polar surface area (TPSA) is 21.7 Å². The molecular formula is C55H99NO2. The molecule has 3 saturated carbocycles. The lowest BCUT2D eigenvalue weighted by Crippen LogP contribution is -2.51. The summed E-state index contributed by atoms with van der Waals surface area (Å²) in [5.41, 5.74) is 2.78. The minimum atomic E-state index is 0.365. The summed E-state index contributed by atoms with van der Waals surface area (Å²) in [6.07, 6.45) is 50.4. The number of likely N-dealkylation sites (N-methyl/N-ethyl adjacent to an activating group) is 1. The lowest BCUT2D eigenvalue weighted by atomic mass is 9.47. The van der Waals surface area contributed by atoms with Crippen molar-refractivity contribution in [1.82, 2.24) is 4.90 Å². The van der Waals surface area contributed by atoms with Gasteiger partial charge in [0.25, 0.3) is 0 Å². The van der Waals surface area contributed by atoms with Crippen LogP contribution >= 0.6 is 0 Å². The first kappa shape index (κ1) is 49.8. The van der Waals surface area contributed by atoms with Gasteiger partial charge in [0.1, 0.15) is 0 Å². The molecule has 0 N–H and O–H groups in total. The summed E-state index contributed by atoms with van der Waals surface area (Å²) < 4.78 is 13.1. The van der Waals surface area contributed by atoms with Gasteiger partial charge in [-0.1, -0.05) is 155 Å². The fraction of sp³-hybridized carbons (Fsp3) is 0.891. The number of rotatable bonds is 31. The fourth-order valence-electron chi connectivity index (χ4n) is 12.8. The van der Waals surface area contributed by atoms with E-state index in [1.54, 1.807) is 5.57 Å². The van der Waals surface area contributed by atoms with E-state index in [0.29, 0.717) is 23.0 Å². The van der Waals surface area contributed by atoms with Crippen molar-refractivity contribution in [1.29, 1.82) is 0 Å². The molecule has 3 heteroatoms. The van der Waals surface area contributed by atoms with Gasteiger partial charge < -0.3 is 14.4 Å². The number of ether oxygens (including phenoxy) is 2. The van der Waals surface area contributed by atoms with E-state index in [9.17, 15) is 0 Å². The highest BCUT2D eigenvalue weighted by Gasteiger charge is 2.59. The number of nitrogens with zero attached hydrogens (tertiary/aromatic N) is 1. The summed E-state index contributed by atoms with van der Waals surface area (Å²) in [6, 6.07) is 0. The molecule has 6 unspecified atom stereocenters. The first-order valence-electron chi connectivity index (χ1n) is 26.0. The molecule has 0 aromatic heterocycles. The van der Waals surface area contributed by atoms with Crippen LogP contribution in [0.4, 0.5) is 0 Å². The molecule has 0 heterocycles. The largest absolute Gasteiger partial charge is 0.378 e. The zero-order valence-electron chi connectivity index (χ0n) is 40.2. The van der Waals surface area contributed by atoms with Gasteiger partial charge in [-0.15, -0.1) is 0 Å². The van der Waals surface area contributed by atoms with Crippen molar-refractivity contribution in [3.05, 3.63) is 36.0 Å². The Bertz CT molecular complexity index is 1170. The van der Waals surface area contributed by atoms with Gasteiger partial charge in [0.15, 0.2) is 0 Å². The van der Waals surface area contributed by atoms with Crippen LogP contribution in [0.3, 0.4) is 0 Å². The van der Waals surface area contributed by atoms with Crippen molar-refractivity contribution in [2.75, 3.05) is 33.9 Å². The smallest absolute Gasteiger partial charge is 0.0701 e. The Morgan fingerprint density at radius 1 is 0.707 bits per heavy atom. The van der Waals surface area contributed by atoms with Gasteiger partial charge in [0.2, 0.25) is 0 Å². The Morgan fingerprint density at radius 3 is 2.10 bits per heavy atom. The van der Waals surface area contributed by atoms with Crippen LogP contribution in [0.15, 0.2) is 36.0 Å². The fourth-order valence-corrected chi connectivity index (χ4v) is 12.8. The van der Waals surface area contributed by atoms with Gasteiger partial charge in [0.05, 0.1) is 12.2 Å². The quantitative estimate of drug-likeness (QED) is 0.0515. The molecule has 0 bridgehead atoms. The van der Waals surface area contributed by atoms with E-state index < -0.39 is 0 Å². The highest BCUT2D eigenvalue weighted by atomic mass is 16.5. The number of hydrogen-bond donors (Lipinski definition) is 0. The van der Waals surface area contributed by atoms with Crippen LogP contribution in [0.5, 0.6) is 0 Å². The van der Waals surface area contributed by atoms with Gasteiger partial charge in [-0.25, -0.2) is 0 Å². The maximum Gasteiger partial charge on any atom is 0.0701 e. The molecule has 0 spiro atoms. The summed E-state index contributed by atoms with van der Waals surface area (Å²) in [4.78, 5) is 2.31. The molecule has 4 rings (SSSR count). The van der Waals surface area contributed by atoms with Gasteiger partial charge >= 0.3 is 0 Å². The van der Waals surface area contributed by atoms with E-state index in [1.807, 2.05) is 0 Å². The monoisotopic (exact) mass is 806 g/mol. The molecule has 3 nitrogen and oxygen atoms in total. The summed E-state index contributed by atoms with van der Waals surface area (Å²) >= 11 is 0. The Hall–Kier alpha value is -0.900. The van der Waals surface area contributed by atoms with Crippen LogP contribution in [0, 0.1) is 46.3 Å². The Morgan fingerprint density at radius 2 is 1.40 bits per heavy atom. The van der Waals surface area contributed by atoms with Crippen molar-refractivity contribution in [2.24, 2.45) is 46.3 Å². The predicted octanol–water partition coefficient (Wildman–Crippen LogP) is 16.1. The second kappa shape index (κ2) is 27.2. The Labute approximate surface area is 362 Å². The zero-order chi connectivity index (χ0) is 41.6. The van der Waals surface area contributed by atoms with Gasteiger partial charge in [-0.3, -0.25) is 0 Å². The highest BCUT2D eigenvalue weighted by Crippen LogP contribution is 2.67. The third-order valence-corrected chi connectivity index (χ3v) is 16.3. The molecule has 4 aliphatic rings. The van der Waals surface area contributed by atoms with Crippen LogP contribution in [-0.4, -0.2) is 51.0 Å². The summed E-state index contributed by atoms with van der Waals surface area (Å²) in [5, 5.41) is 0. The van der Waals surface area contributed by atoms with E-state index in [2.05, 4.69) is 90.9 Å². The molecule has 9 atom stereocenters. The molecule has 0 amide bonds. The molecule has 0 radical (unpaired) electrons. The van der Waals surface area contributed by atoms with Crippen molar-refractivity contribution < 1.29 is 9.47 Å². The van der Waals surface area contributed by atoms with Crippen LogP contribution < -0.4 is 0 Å². The molecule has 0 aliphatic heterocycles. The molecule has 0 aromatic carbocycles. The number of allylic oxidation sites excluding steroid dienone is 5. The van der Waals surface area contributed by atoms with Crippen LogP contribution in [0.2, 0.25) is 0 Å². The standard InChI is InChI=1S/C55H99NO2/c1-9-10-11-12-13-14-15-16-17-18-19-20-21-22-23-24-25-26-32-49(44-56(7)8)58-42-28-27-41-57-48-37-39-54(5)47(43-48)33-34-50-52-36-35-51(46(4)31-29-30-45(2)3)55(52,6)40-38-53(50)54/h13-14,16-17,33,45-46,48-53H,9-12,15,18-32,34-44H2,1-8H3/b14-13-,17-16-/t46?,48-,49?,50?,51?,52?,53?,54-,55+/m0/s1. The lowest BCUT2D eigenvalue weighted by Gasteiger charge is -2.58. The third kappa shape index (κ3) is 16.1. The normalized spacial score (nSPS) is 29.6. The van der Waals surface area contributed by atoms with Crippen molar-refractivity contribution in [3.8, 4) is 0 Å². The summed E-state index contributed by atoms with van der Waals surface area (Å²) in [7, 11) is 4.38. The number of fused-ring (bicyclic) bond motifs is 5. The third-order valence-electron chi connectivity index (χ3n) is 16.3. The minimum absolute atomic E-state index is 0.365. The zero-order valence-corrected chi connectivity index (χ0v) is 40.2. The lowest BCUT2D eigenvalue weighted by molar-refractivity contribution is -0.0644. The minimum Gasteiger partial charge on any atom is -0.378 e.